The minimum Gasteiger partial charge on any atom is -0.353 e. The number of rotatable bonds is 3. The van der Waals surface area contributed by atoms with Crippen molar-refractivity contribution in [1.82, 2.24) is 5.32 Å². The third kappa shape index (κ3) is 3.56. The first-order chi connectivity index (χ1) is 11.5. The number of thiocarbonyl (C=S) groups is 1. The fourth-order valence-electron chi connectivity index (χ4n) is 3.37. The highest BCUT2D eigenvalue weighted by Crippen LogP contribution is 2.39. The Morgan fingerprint density at radius 2 is 1.83 bits per heavy atom. The molecule has 3 rings (SSSR count). The number of nitrogens with one attached hydrogen (secondary N) is 2. The van der Waals surface area contributed by atoms with E-state index in [1.54, 1.807) is 0 Å². The van der Waals surface area contributed by atoms with E-state index >= 15 is 0 Å². The molecule has 0 aromatic heterocycles. The fourth-order valence-corrected chi connectivity index (χ4v) is 3.67. The van der Waals surface area contributed by atoms with Crippen molar-refractivity contribution in [2.45, 2.75) is 38.1 Å². The lowest BCUT2D eigenvalue weighted by Crippen LogP contribution is -2.45. The largest absolute Gasteiger partial charge is 0.353 e. The van der Waals surface area contributed by atoms with E-state index < -0.39 is 11.6 Å². The highest BCUT2D eigenvalue weighted by molar-refractivity contribution is 7.80. The van der Waals surface area contributed by atoms with E-state index in [2.05, 4.69) is 35.8 Å². The summed E-state index contributed by atoms with van der Waals surface area (Å²) in [6.07, 6.45) is 4.19. The molecule has 2 nitrogen and oxygen atoms in total. The number of benzene rings is 2. The Balaban J connectivity index is 1.80. The molecular weight excluding hydrogens is 326 g/mol. The van der Waals surface area contributed by atoms with Crippen molar-refractivity contribution in [3.63, 3.8) is 0 Å². The predicted octanol–water partition coefficient (Wildman–Crippen LogP) is 5.03. The third-order valence-corrected chi connectivity index (χ3v) is 4.76. The van der Waals surface area contributed by atoms with Crippen molar-refractivity contribution in [2.75, 3.05) is 5.32 Å². The van der Waals surface area contributed by atoms with E-state index in [1.165, 1.54) is 23.3 Å². The molecule has 0 bridgehead atoms. The van der Waals surface area contributed by atoms with Crippen LogP contribution in [0.2, 0.25) is 0 Å². The average molecular weight is 346 g/mol. The summed E-state index contributed by atoms with van der Waals surface area (Å²) < 4.78 is 26.8. The lowest BCUT2D eigenvalue weighted by atomic mass is 9.87. The van der Waals surface area contributed by atoms with E-state index in [1.807, 2.05) is 6.07 Å². The van der Waals surface area contributed by atoms with Gasteiger partial charge in [0.15, 0.2) is 5.11 Å². The van der Waals surface area contributed by atoms with Gasteiger partial charge in [-0.3, -0.25) is 0 Å². The van der Waals surface area contributed by atoms with Crippen LogP contribution in [0.1, 0.15) is 36.8 Å². The lowest BCUT2D eigenvalue weighted by Gasteiger charge is -2.33. The molecule has 2 N–H and O–H groups in total. The van der Waals surface area contributed by atoms with Gasteiger partial charge < -0.3 is 10.6 Å². The summed E-state index contributed by atoms with van der Waals surface area (Å²) in [6, 6.07) is 11.8. The molecule has 0 spiro atoms. The molecule has 0 saturated heterocycles. The molecule has 0 atom stereocenters. The molecule has 1 aliphatic carbocycles. The highest BCUT2D eigenvalue weighted by atomic mass is 32.1. The number of hydrogen-bond acceptors (Lipinski definition) is 1. The Kier molecular flexibility index (Phi) is 4.81. The number of hydrogen-bond donors (Lipinski definition) is 2. The van der Waals surface area contributed by atoms with Crippen LogP contribution in [0.15, 0.2) is 42.5 Å². The molecule has 1 aliphatic rings. The van der Waals surface area contributed by atoms with Gasteiger partial charge in [-0.05, 0) is 49.7 Å². The lowest BCUT2D eigenvalue weighted by molar-refractivity contribution is 0.408. The molecular formula is C19H20F2N2S. The standard InChI is InChI=1S/C19H20F2N2S/c1-13-5-4-6-14(11-13)19(9-2-3-10-19)23-18(24)22-17-8-7-15(20)12-16(17)21/h4-8,11-12H,2-3,9-10H2,1H3,(H2,22,23,24). The molecule has 24 heavy (non-hydrogen) atoms. The highest BCUT2D eigenvalue weighted by Gasteiger charge is 2.36. The smallest absolute Gasteiger partial charge is 0.171 e. The van der Waals surface area contributed by atoms with Crippen LogP contribution in [-0.2, 0) is 5.54 Å². The molecule has 0 aliphatic heterocycles. The Morgan fingerprint density at radius 1 is 1.08 bits per heavy atom. The van der Waals surface area contributed by atoms with Crippen molar-refractivity contribution < 1.29 is 8.78 Å². The quantitative estimate of drug-likeness (QED) is 0.762. The number of anilines is 1. The van der Waals surface area contributed by atoms with Gasteiger partial charge in [0, 0.05) is 6.07 Å². The molecule has 0 unspecified atom stereocenters. The molecule has 0 heterocycles. The maximum absolute atomic E-state index is 13.8. The zero-order valence-corrected chi connectivity index (χ0v) is 14.4. The summed E-state index contributed by atoms with van der Waals surface area (Å²) in [6.45, 7) is 2.07. The first-order valence-corrected chi connectivity index (χ1v) is 8.51. The van der Waals surface area contributed by atoms with Gasteiger partial charge in [-0.2, -0.15) is 0 Å². The summed E-state index contributed by atoms with van der Waals surface area (Å²) >= 11 is 5.39. The van der Waals surface area contributed by atoms with Gasteiger partial charge in [-0.15, -0.1) is 0 Å². The molecule has 2 aromatic carbocycles. The minimum atomic E-state index is -0.657. The summed E-state index contributed by atoms with van der Waals surface area (Å²) in [5, 5.41) is 6.59. The summed E-state index contributed by atoms with van der Waals surface area (Å²) in [5.74, 6) is -1.26. The normalized spacial score (nSPS) is 16.0. The van der Waals surface area contributed by atoms with Crippen LogP contribution in [0, 0.1) is 18.6 Å². The maximum Gasteiger partial charge on any atom is 0.171 e. The fraction of sp³-hybridized carbons (Fsp3) is 0.316. The van der Waals surface area contributed by atoms with Gasteiger partial charge in [0.1, 0.15) is 11.6 Å². The topological polar surface area (TPSA) is 24.1 Å². The van der Waals surface area contributed by atoms with Crippen LogP contribution in [0.3, 0.4) is 0 Å². The van der Waals surface area contributed by atoms with Gasteiger partial charge in [0.25, 0.3) is 0 Å². The van der Waals surface area contributed by atoms with Crippen LogP contribution in [0.5, 0.6) is 0 Å². The third-order valence-electron chi connectivity index (χ3n) is 4.56. The van der Waals surface area contributed by atoms with Crippen molar-refractivity contribution in [3.8, 4) is 0 Å². The van der Waals surface area contributed by atoms with Crippen molar-refractivity contribution in [2.24, 2.45) is 0 Å². The van der Waals surface area contributed by atoms with Gasteiger partial charge in [-0.1, -0.05) is 42.7 Å². The van der Waals surface area contributed by atoms with Gasteiger partial charge in [0.05, 0.1) is 11.2 Å². The first kappa shape index (κ1) is 16.8. The first-order valence-electron chi connectivity index (χ1n) is 8.10. The molecule has 1 fully saturated rings. The minimum absolute atomic E-state index is 0.172. The second-order valence-corrected chi connectivity index (χ2v) is 6.77. The molecule has 0 amide bonds. The van der Waals surface area contributed by atoms with Crippen molar-refractivity contribution in [3.05, 3.63) is 65.2 Å². The van der Waals surface area contributed by atoms with Crippen LogP contribution >= 0.6 is 12.2 Å². The second kappa shape index (κ2) is 6.85. The second-order valence-electron chi connectivity index (χ2n) is 6.36. The van der Waals surface area contributed by atoms with Gasteiger partial charge in [-0.25, -0.2) is 8.78 Å². The summed E-state index contributed by atoms with van der Waals surface area (Å²) in [5.41, 5.74) is 2.34. The van der Waals surface area contributed by atoms with E-state index in [9.17, 15) is 8.78 Å². The van der Waals surface area contributed by atoms with Crippen LogP contribution in [0.4, 0.5) is 14.5 Å². The Bertz CT molecular complexity index is 755. The molecule has 2 aromatic rings. The zero-order chi connectivity index (χ0) is 17.2. The summed E-state index contributed by atoms with van der Waals surface area (Å²) in [4.78, 5) is 0. The van der Waals surface area contributed by atoms with E-state index in [-0.39, 0.29) is 11.2 Å². The SMILES string of the molecule is Cc1cccc(C2(NC(=S)Nc3ccc(F)cc3F)CCCC2)c1. The van der Waals surface area contributed by atoms with Crippen LogP contribution in [-0.4, -0.2) is 5.11 Å². The Hall–Kier alpha value is -2.01. The Morgan fingerprint density at radius 3 is 2.50 bits per heavy atom. The van der Waals surface area contributed by atoms with E-state index in [0.717, 1.165) is 31.7 Å². The monoisotopic (exact) mass is 346 g/mol. The molecule has 0 radical (unpaired) electrons. The van der Waals surface area contributed by atoms with E-state index in [0.29, 0.717) is 5.11 Å². The number of halogens is 2. The van der Waals surface area contributed by atoms with Crippen LogP contribution in [0.25, 0.3) is 0 Å². The summed E-state index contributed by atoms with van der Waals surface area (Å²) in [7, 11) is 0. The Labute approximate surface area is 146 Å². The zero-order valence-electron chi connectivity index (χ0n) is 13.5. The molecule has 126 valence electrons. The molecule has 1 saturated carbocycles. The van der Waals surface area contributed by atoms with Crippen LogP contribution < -0.4 is 10.6 Å². The van der Waals surface area contributed by atoms with E-state index in [4.69, 9.17) is 12.2 Å². The van der Waals surface area contributed by atoms with Crippen molar-refractivity contribution in [1.29, 1.82) is 0 Å². The predicted molar refractivity (Wildman–Crippen MR) is 97.0 cm³/mol. The number of aryl methyl sites for hydroxylation is 1. The maximum atomic E-state index is 13.8. The van der Waals surface area contributed by atoms with Crippen molar-refractivity contribution >= 4 is 23.0 Å². The van der Waals surface area contributed by atoms with Gasteiger partial charge >= 0.3 is 0 Å². The average Bonchev–Trinajstić information content (AvgIpc) is 3.00. The molecule has 5 heteroatoms. The van der Waals surface area contributed by atoms with Gasteiger partial charge in [0.2, 0.25) is 0 Å².